The molecule has 12 aromatic rings. The van der Waals surface area contributed by atoms with Gasteiger partial charge >= 0.3 is 0 Å². The molecule has 0 fully saturated rings. The first-order chi connectivity index (χ1) is 31.8. The van der Waals surface area contributed by atoms with Crippen molar-refractivity contribution in [2.24, 2.45) is 0 Å². The maximum absolute atomic E-state index is 2.55. The molecule has 64 heavy (non-hydrogen) atoms. The summed E-state index contributed by atoms with van der Waals surface area (Å²) in [4.78, 5) is 10.6. The van der Waals surface area contributed by atoms with Crippen LogP contribution in [0.5, 0.6) is 0 Å². The lowest BCUT2D eigenvalue weighted by Crippen LogP contribution is -2.15. The normalized spacial score (nSPS) is 13.9. The molecule has 0 unspecified atom stereocenters. The molecule has 4 heteroatoms. The van der Waals surface area contributed by atoms with Gasteiger partial charge in [-0.3, -0.25) is 0 Å². The monoisotopic (exact) mass is 854 g/mol. The van der Waals surface area contributed by atoms with Gasteiger partial charge in [-0.2, -0.15) is 0 Å². The Balaban J connectivity index is 1.16. The lowest BCUT2D eigenvalue weighted by atomic mass is 10.1. The molecule has 0 amide bonds. The third kappa shape index (κ3) is 5.12. The number of aromatic nitrogens is 2. The number of nitrogens with zero attached hydrogens (tertiary/aromatic N) is 2. The molecule has 2 nitrogen and oxygen atoms in total. The third-order valence-corrected chi connectivity index (χ3v) is 21.1. The van der Waals surface area contributed by atoms with Crippen molar-refractivity contribution in [3.8, 4) is 11.4 Å². The smallest absolute Gasteiger partial charge is 0.0673 e. The molecule has 13 rings (SSSR count). The predicted molar refractivity (Wildman–Crippen MR) is 269 cm³/mol. The summed E-state index contributed by atoms with van der Waals surface area (Å²) in [5, 5.41) is 5.02. The highest BCUT2D eigenvalue weighted by molar-refractivity contribution is 8.34. The van der Waals surface area contributed by atoms with Crippen LogP contribution in [-0.2, 0) is 0 Å². The Labute approximate surface area is 376 Å². The van der Waals surface area contributed by atoms with Gasteiger partial charge in [-0.15, -0.1) is 20.1 Å². The predicted octanol–water partition coefficient (Wildman–Crippen LogP) is 16.9. The van der Waals surface area contributed by atoms with E-state index >= 15 is 0 Å². The molecular weight excluding hydrogens is 813 g/mol. The molecule has 3 heterocycles. The molecule has 1 aliphatic rings. The summed E-state index contributed by atoms with van der Waals surface area (Å²) in [7, 11) is -3.89. The largest absolute Gasteiger partial charge is 0.309 e. The van der Waals surface area contributed by atoms with Crippen LogP contribution in [0.15, 0.2) is 294 Å². The first kappa shape index (κ1) is 37.1. The van der Waals surface area contributed by atoms with Gasteiger partial charge in [-0.05, 0) is 115 Å². The second-order valence-corrected chi connectivity index (χ2v) is 22.6. The quantitative estimate of drug-likeness (QED) is 0.151. The molecule has 0 aliphatic carbocycles. The molecule has 0 atom stereocenters. The summed E-state index contributed by atoms with van der Waals surface area (Å²) in [5.41, 5.74) is 7.32. The highest BCUT2D eigenvalue weighted by Gasteiger charge is 2.42. The van der Waals surface area contributed by atoms with Gasteiger partial charge in [0.25, 0.3) is 0 Å². The van der Waals surface area contributed by atoms with Crippen LogP contribution in [0.1, 0.15) is 0 Å². The number of hydrogen-bond donors (Lipinski definition) is 0. The van der Waals surface area contributed by atoms with Crippen molar-refractivity contribution >= 4 is 63.7 Å². The molecule has 0 spiro atoms. The molecule has 0 bridgehead atoms. The van der Waals surface area contributed by atoms with Crippen LogP contribution in [0.3, 0.4) is 0 Å². The van der Waals surface area contributed by atoms with E-state index in [0.29, 0.717) is 0 Å². The fraction of sp³-hybridized carbons (Fsp3) is 0. The highest BCUT2D eigenvalue weighted by atomic mass is 32.3. The Bertz CT molecular complexity index is 3570. The number of hydrogen-bond acceptors (Lipinski definition) is 0. The van der Waals surface area contributed by atoms with Crippen LogP contribution in [-0.4, -0.2) is 9.13 Å². The summed E-state index contributed by atoms with van der Waals surface area (Å²) < 4.78 is 5.09. The van der Waals surface area contributed by atoms with E-state index in [9.17, 15) is 0 Å². The lowest BCUT2D eigenvalue weighted by molar-refractivity contribution is 1.06. The second-order valence-electron chi connectivity index (χ2n) is 16.5. The van der Waals surface area contributed by atoms with Crippen LogP contribution in [0.4, 0.5) is 0 Å². The van der Waals surface area contributed by atoms with Crippen LogP contribution < -0.4 is 0 Å². The molecule has 1 aliphatic heterocycles. The highest BCUT2D eigenvalue weighted by Crippen LogP contribution is 2.78. The van der Waals surface area contributed by atoms with Crippen LogP contribution >= 0.6 is 20.1 Å². The third-order valence-electron chi connectivity index (χ3n) is 13.2. The van der Waals surface area contributed by atoms with Gasteiger partial charge in [0.15, 0.2) is 0 Å². The van der Waals surface area contributed by atoms with Crippen molar-refractivity contribution < 1.29 is 0 Å². The van der Waals surface area contributed by atoms with Gasteiger partial charge in [-0.25, -0.2) is 0 Å². The first-order valence-corrected chi connectivity index (χ1v) is 25.2. The molecule has 2 aromatic heterocycles. The summed E-state index contributed by atoms with van der Waals surface area (Å²) >= 11 is 0. The molecule has 304 valence electrons. The van der Waals surface area contributed by atoms with Gasteiger partial charge in [-0.1, -0.05) is 140 Å². The number of rotatable bonds is 7. The fourth-order valence-corrected chi connectivity index (χ4v) is 18.8. The molecule has 10 aromatic carbocycles. The Kier molecular flexibility index (Phi) is 8.42. The Morgan fingerprint density at radius 3 is 1.33 bits per heavy atom. The van der Waals surface area contributed by atoms with Gasteiger partial charge in [0.05, 0.1) is 27.8 Å². The molecule has 0 N–H and O–H groups in total. The van der Waals surface area contributed by atoms with E-state index in [-0.39, 0.29) is 0 Å². The lowest BCUT2D eigenvalue weighted by Gasteiger charge is -2.46. The topological polar surface area (TPSA) is 9.86 Å². The average Bonchev–Trinajstić information content (AvgIpc) is 3.89. The van der Waals surface area contributed by atoms with E-state index < -0.39 is 20.1 Å². The summed E-state index contributed by atoms with van der Waals surface area (Å²) in [6.45, 7) is 0. The van der Waals surface area contributed by atoms with E-state index in [1.54, 1.807) is 0 Å². The van der Waals surface area contributed by atoms with Gasteiger partial charge < -0.3 is 9.13 Å². The summed E-state index contributed by atoms with van der Waals surface area (Å²) in [5.74, 6) is 0. The van der Waals surface area contributed by atoms with Crippen LogP contribution in [0, 0.1) is 0 Å². The van der Waals surface area contributed by atoms with Crippen LogP contribution in [0.2, 0.25) is 0 Å². The van der Waals surface area contributed by atoms with E-state index in [4.69, 9.17) is 0 Å². The zero-order valence-electron chi connectivity index (χ0n) is 35.0. The summed E-state index contributed by atoms with van der Waals surface area (Å²) in [6, 6.07) is 95.6. The average molecular weight is 855 g/mol. The zero-order chi connectivity index (χ0) is 42.2. The van der Waals surface area contributed by atoms with Gasteiger partial charge in [0.2, 0.25) is 0 Å². The minimum absolute atomic E-state index is 1.17. The molecule has 0 radical (unpaired) electrons. The second kappa shape index (κ2) is 14.5. The van der Waals surface area contributed by atoms with E-state index in [1.807, 2.05) is 0 Å². The maximum atomic E-state index is 2.55. The van der Waals surface area contributed by atoms with Crippen molar-refractivity contribution in [1.29, 1.82) is 0 Å². The van der Waals surface area contributed by atoms with Crippen LogP contribution in [0.25, 0.3) is 55.0 Å². The van der Waals surface area contributed by atoms with Crippen molar-refractivity contribution in [3.05, 3.63) is 255 Å². The molecule has 0 saturated heterocycles. The van der Waals surface area contributed by atoms with Gasteiger partial charge in [0, 0.05) is 66.4 Å². The van der Waals surface area contributed by atoms with Crippen molar-refractivity contribution in [2.75, 3.05) is 0 Å². The minimum Gasteiger partial charge on any atom is -0.309 e. The zero-order valence-corrected chi connectivity index (χ0v) is 36.6. The molecular formula is C60H42N2S2. The van der Waals surface area contributed by atoms with E-state index in [2.05, 4.69) is 264 Å². The Morgan fingerprint density at radius 2 is 0.750 bits per heavy atom. The SMILES string of the molecule is c1ccc(S(c2ccccc2)(c2ccccc2)c2ccc3c(c2)c2ccccc2n3-c2cc3c4c(c2)c2ccccc2n4-c2ccccc2S3(c2ccccc2)c2ccccc2)cc1. The van der Waals surface area contributed by atoms with Gasteiger partial charge in [0.1, 0.15) is 0 Å². The summed E-state index contributed by atoms with van der Waals surface area (Å²) in [6.07, 6.45) is 0. The van der Waals surface area contributed by atoms with Crippen molar-refractivity contribution in [1.82, 2.24) is 9.13 Å². The maximum Gasteiger partial charge on any atom is 0.0673 e. The minimum atomic E-state index is -2.00. The van der Waals surface area contributed by atoms with Crippen molar-refractivity contribution in [2.45, 2.75) is 39.2 Å². The van der Waals surface area contributed by atoms with E-state index in [1.165, 1.54) is 94.2 Å². The Hall–Kier alpha value is -7.50. The fourth-order valence-electron chi connectivity index (χ4n) is 10.7. The molecule has 0 saturated carbocycles. The van der Waals surface area contributed by atoms with E-state index in [0.717, 1.165) is 0 Å². The Morgan fingerprint density at radius 1 is 0.297 bits per heavy atom. The number of para-hydroxylation sites is 3. The number of benzene rings is 10. The number of fused-ring (bicyclic) bond motifs is 8. The standard InChI is InChI=1S/C60H42N2S2/c1-6-22-44(23-7-1)63(45-24-8-2-9-25-45,46-26-10-3-11-27-46)49-38-39-56-52(42-49)50-32-16-18-34-54(50)61(56)43-40-53-51-33-17-19-35-55(51)62-57-36-20-21-37-58(57)64(59(41-43)60(53)62,47-28-12-4-13-29-47)48-30-14-5-15-31-48/h1-42H. The van der Waals surface area contributed by atoms with Crippen molar-refractivity contribution in [3.63, 3.8) is 0 Å². The first-order valence-electron chi connectivity index (χ1n) is 21.9.